The Bertz CT molecular complexity index is 766. The predicted octanol–water partition coefficient (Wildman–Crippen LogP) is 4.38. The molecule has 0 bridgehead atoms. The maximum atomic E-state index is 13.0. The summed E-state index contributed by atoms with van der Waals surface area (Å²) in [6.07, 6.45) is -4.42. The standard InChI is InChI=1S/C19H20F3N3O/c1-14(23-24-18-5-3-2-4-17(18)19(20,21)22)15-6-8-16(9-7-15)25-10-12-26-13-11-25/h2-9,24H,10-13H2,1H3/b23-14+. The van der Waals surface area contributed by atoms with Crippen LogP contribution < -0.4 is 10.3 Å². The topological polar surface area (TPSA) is 36.9 Å². The van der Waals surface area contributed by atoms with Gasteiger partial charge in [0.05, 0.1) is 30.2 Å². The molecule has 2 aromatic carbocycles. The van der Waals surface area contributed by atoms with Gasteiger partial charge in [0.2, 0.25) is 0 Å². The van der Waals surface area contributed by atoms with Gasteiger partial charge >= 0.3 is 6.18 Å². The largest absolute Gasteiger partial charge is 0.418 e. The number of anilines is 2. The van der Waals surface area contributed by atoms with E-state index in [1.807, 2.05) is 24.3 Å². The van der Waals surface area contributed by atoms with E-state index in [9.17, 15) is 13.2 Å². The molecule has 0 saturated carbocycles. The number of hydrogen-bond donors (Lipinski definition) is 1. The molecule has 0 atom stereocenters. The molecule has 1 fully saturated rings. The molecular weight excluding hydrogens is 343 g/mol. The fourth-order valence-electron chi connectivity index (χ4n) is 2.77. The van der Waals surface area contributed by atoms with E-state index in [0.29, 0.717) is 18.9 Å². The summed E-state index contributed by atoms with van der Waals surface area (Å²) >= 11 is 0. The Morgan fingerprint density at radius 1 is 1.04 bits per heavy atom. The van der Waals surface area contributed by atoms with Gasteiger partial charge in [-0.1, -0.05) is 24.3 Å². The molecule has 3 rings (SSSR count). The lowest BCUT2D eigenvalue weighted by Crippen LogP contribution is -2.36. The van der Waals surface area contributed by atoms with Gasteiger partial charge in [0, 0.05) is 18.8 Å². The van der Waals surface area contributed by atoms with Crippen LogP contribution in [0.15, 0.2) is 53.6 Å². The third-order valence-corrected chi connectivity index (χ3v) is 4.24. The second-order valence-electron chi connectivity index (χ2n) is 6.00. The Morgan fingerprint density at radius 2 is 1.69 bits per heavy atom. The number of nitrogens with zero attached hydrogens (tertiary/aromatic N) is 2. The summed E-state index contributed by atoms with van der Waals surface area (Å²) in [5.74, 6) is 0. The van der Waals surface area contributed by atoms with E-state index in [1.165, 1.54) is 12.1 Å². The minimum absolute atomic E-state index is 0.0655. The average molecular weight is 363 g/mol. The average Bonchev–Trinajstić information content (AvgIpc) is 2.66. The second kappa shape index (κ2) is 7.78. The third-order valence-electron chi connectivity index (χ3n) is 4.24. The second-order valence-corrected chi connectivity index (χ2v) is 6.00. The number of hydrazone groups is 1. The minimum atomic E-state index is -4.42. The van der Waals surface area contributed by atoms with Gasteiger partial charge in [-0.3, -0.25) is 5.43 Å². The first kappa shape index (κ1) is 18.3. The van der Waals surface area contributed by atoms with E-state index < -0.39 is 11.7 Å². The first-order valence-corrected chi connectivity index (χ1v) is 8.35. The summed E-state index contributed by atoms with van der Waals surface area (Å²) < 4.78 is 44.4. The molecule has 0 amide bonds. The van der Waals surface area contributed by atoms with Crippen LogP contribution in [0.1, 0.15) is 18.1 Å². The number of morpholine rings is 1. The van der Waals surface area contributed by atoms with Crippen LogP contribution in [0.2, 0.25) is 0 Å². The fourth-order valence-corrected chi connectivity index (χ4v) is 2.77. The molecule has 1 aliphatic rings. The van der Waals surface area contributed by atoms with Gasteiger partial charge in [-0.05, 0) is 36.8 Å². The molecule has 0 radical (unpaired) electrons. The van der Waals surface area contributed by atoms with Gasteiger partial charge in [0.25, 0.3) is 0 Å². The van der Waals surface area contributed by atoms with Crippen LogP contribution in [0.3, 0.4) is 0 Å². The molecule has 0 aromatic heterocycles. The number of ether oxygens (including phenoxy) is 1. The van der Waals surface area contributed by atoms with Crippen molar-refractivity contribution in [1.82, 2.24) is 0 Å². The molecule has 138 valence electrons. The number of nitrogens with one attached hydrogen (secondary N) is 1. The number of alkyl halides is 3. The lowest BCUT2D eigenvalue weighted by molar-refractivity contribution is -0.136. The van der Waals surface area contributed by atoms with E-state index in [1.54, 1.807) is 13.0 Å². The Labute approximate surface area is 150 Å². The van der Waals surface area contributed by atoms with Crippen LogP contribution in [-0.4, -0.2) is 32.0 Å². The van der Waals surface area contributed by atoms with E-state index in [0.717, 1.165) is 30.4 Å². The van der Waals surface area contributed by atoms with Gasteiger partial charge in [0.15, 0.2) is 0 Å². The molecule has 0 aliphatic carbocycles. The summed E-state index contributed by atoms with van der Waals surface area (Å²) in [5, 5.41) is 4.11. The lowest BCUT2D eigenvalue weighted by atomic mass is 10.1. The highest BCUT2D eigenvalue weighted by Crippen LogP contribution is 2.34. The zero-order valence-corrected chi connectivity index (χ0v) is 14.4. The normalized spacial score (nSPS) is 15.8. The minimum Gasteiger partial charge on any atom is -0.378 e. The van der Waals surface area contributed by atoms with Gasteiger partial charge in [-0.2, -0.15) is 18.3 Å². The van der Waals surface area contributed by atoms with Crippen LogP contribution >= 0.6 is 0 Å². The molecule has 1 saturated heterocycles. The van der Waals surface area contributed by atoms with Crippen molar-refractivity contribution in [1.29, 1.82) is 0 Å². The van der Waals surface area contributed by atoms with Crippen molar-refractivity contribution >= 4 is 17.1 Å². The highest BCUT2D eigenvalue weighted by Gasteiger charge is 2.33. The quantitative estimate of drug-likeness (QED) is 0.647. The van der Waals surface area contributed by atoms with Crippen molar-refractivity contribution in [3.05, 3.63) is 59.7 Å². The lowest BCUT2D eigenvalue weighted by Gasteiger charge is -2.28. The Hall–Kier alpha value is -2.54. The van der Waals surface area contributed by atoms with E-state index in [-0.39, 0.29) is 5.69 Å². The summed E-state index contributed by atoms with van der Waals surface area (Å²) in [5.41, 5.74) is 4.29. The van der Waals surface area contributed by atoms with Crippen LogP contribution in [0.5, 0.6) is 0 Å². The molecule has 0 unspecified atom stereocenters. The van der Waals surface area contributed by atoms with Crippen LogP contribution in [0, 0.1) is 0 Å². The van der Waals surface area contributed by atoms with Crippen LogP contribution in [0.25, 0.3) is 0 Å². The van der Waals surface area contributed by atoms with Gasteiger partial charge < -0.3 is 9.64 Å². The maximum absolute atomic E-state index is 13.0. The maximum Gasteiger partial charge on any atom is 0.418 e. The number of rotatable bonds is 4. The van der Waals surface area contributed by atoms with E-state index in [4.69, 9.17) is 4.74 Å². The smallest absolute Gasteiger partial charge is 0.378 e. The number of hydrogen-bond acceptors (Lipinski definition) is 4. The third kappa shape index (κ3) is 4.35. The first-order chi connectivity index (χ1) is 12.4. The summed E-state index contributed by atoms with van der Waals surface area (Å²) in [6, 6.07) is 13.1. The van der Waals surface area contributed by atoms with Crippen molar-refractivity contribution in [2.45, 2.75) is 13.1 Å². The van der Waals surface area contributed by atoms with E-state index in [2.05, 4.69) is 15.4 Å². The molecule has 1 heterocycles. The summed E-state index contributed by atoms with van der Waals surface area (Å²) in [4.78, 5) is 2.23. The molecular formula is C19H20F3N3O. The summed E-state index contributed by atoms with van der Waals surface area (Å²) in [7, 11) is 0. The predicted molar refractivity (Wildman–Crippen MR) is 96.8 cm³/mol. The molecule has 4 nitrogen and oxygen atoms in total. The van der Waals surface area contributed by atoms with Crippen molar-refractivity contribution in [2.75, 3.05) is 36.6 Å². The zero-order chi connectivity index (χ0) is 18.6. The van der Waals surface area contributed by atoms with Crippen molar-refractivity contribution in [3.63, 3.8) is 0 Å². The Morgan fingerprint density at radius 3 is 2.35 bits per heavy atom. The monoisotopic (exact) mass is 363 g/mol. The van der Waals surface area contributed by atoms with Crippen LogP contribution in [-0.2, 0) is 10.9 Å². The summed E-state index contributed by atoms with van der Waals surface area (Å²) in [6.45, 7) is 4.88. The zero-order valence-electron chi connectivity index (χ0n) is 14.4. The molecule has 1 aliphatic heterocycles. The molecule has 0 spiro atoms. The Kier molecular flexibility index (Phi) is 5.46. The Balaban J connectivity index is 1.72. The molecule has 1 N–H and O–H groups in total. The molecule has 26 heavy (non-hydrogen) atoms. The number of para-hydroxylation sites is 1. The van der Waals surface area contributed by atoms with Gasteiger partial charge in [-0.25, -0.2) is 0 Å². The first-order valence-electron chi connectivity index (χ1n) is 8.35. The van der Waals surface area contributed by atoms with Gasteiger partial charge in [0.1, 0.15) is 0 Å². The molecule has 2 aromatic rings. The van der Waals surface area contributed by atoms with Crippen molar-refractivity contribution in [2.24, 2.45) is 5.10 Å². The number of benzene rings is 2. The van der Waals surface area contributed by atoms with Crippen molar-refractivity contribution < 1.29 is 17.9 Å². The fraction of sp³-hybridized carbons (Fsp3) is 0.316. The van der Waals surface area contributed by atoms with Crippen LogP contribution in [0.4, 0.5) is 24.5 Å². The van der Waals surface area contributed by atoms with E-state index >= 15 is 0 Å². The van der Waals surface area contributed by atoms with Gasteiger partial charge in [-0.15, -0.1) is 0 Å². The number of halogens is 3. The highest BCUT2D eigenvalue weighted by atomic mass is 19.4. The van der Waals surface area contributed by atoms with Crippen molar-refractivity contribution in [3.8, 4) is 0 Å². The SMILES string of the molecule is C/C(=N\Nc1ccccc1C(F)(F)F)c1ccc(N2CCOCC2)cc1. The highest BCUT2D eigenvalue weighted by molar-refractivity contribution is 5.99. The molecule has 7 heteroatoms.